The zero-order chi connectivity index (χ0) is 13.5. The molecule has 2 aromatic rings. The Balaban J connectivity index is 2.76. The molecule has 0 spiro atoms. The molecule has 1 unspecified atom stereocenters. The Morgan fingerprint density at radius 1 is 1.50 bits per heavy atom. The molecule has 0 aliphatic carbocycles. The molecular formula is C10H10ClF3N4. The van der Waals surface area contributed by atoms with Crippen LogP contribution in [0.25, 0.3) is 11.2 Å². The molecule has 2 aromatic heterocycles. The van der Waals surface area contributed by atoms with Crippen molar-refractivity contribution < 1.29 is 13.2 Å². The van der Waals surface area contributed by atoms with Crippen molar-refractivity contribution in [2.75, 3.05) is 6.54 Å². The normalized spacial score (nSPS) is 14.1. The third kappa shape index (κ3) is 2.15. The maximum absolute atomic E-state index is 12.9. The molecule has 0 fully saturated rings. The van der Waals surface area contributed by atoms with Crippen molar-refractivity contribution in [2.24, 2.45) is 5.73 Å². The van der Waals surface area contributed by atoms with Gasteiger partial charge >= 0.3 is 6.18 Å². The first-order valence-electron chi connectivity index (χ1n) is 5.15. The van der Waals surface area contributed by atoms with Crippen LogP contribution in [0, 0.1) is 0 Å². The van der Waals surface area contributed by atoms with E-state index in [-0.39, 0.29) is 22.7 Å². The lowest BCUT2D eigenvalue weighted by atomic mass is 10.3. The molecule has 4 nitrogen and oxygen atoms in total. The van der Waals surface area contributed by atoms with E-state index in [1.807, 2.05) is 0 Å². The SMILES string of the molecule is CC(CN)n1c(C(F)(F)F)nc2cc(Cl)cnc21. The van der Waals surface area contributed by atoms with Gasteiger partial charge in [-0.05, 0) is 13.0 Å². The van der Waals surface area contributed by atoms with Gasteiger partial charge in [0.2, 0.25) is 5.82 Å². The van der Waals surface area contributed by atoms with E-state index in [2.05, 4.69) is 9.97 Å². The standard InChI is InChI=1S/C10H10ClF3N4/c1-5(3-15)18-8-7(2-6(11)4-16-8)17-9(18)10(12,13)14/h2,4-5H,3,15H2,1H3. The van der Waals surface area contributed by atoms with Crippen LogP contribution < -0.4 is 5.73 Å². The fourth-order valence-electron chi connectivity index (χ4n) is 1.68. The predicted molar refractivity (Wildman–Crippen MR) is 61.3 cm³/mol. The Morgan fingerprint density at radius 3 is 2.72 bits per heavy atom. The van der Waals surface area contributed by atoms with Gasteiger partial charge in [0.25, 0.3) is 0 Å². The van der Waals surface area contributed by atoms with Crippen LogP contribution in [0.5, 0.6) is 0 Å². The largest absolute Gasteiger partial charge is 0.449 e. The summed E-state index contributed by atoms with van der Waals surface area (Å²) >= 11 is 5.69. The lowest BCUT2D eigenvalue weighted by Gasteiger charge is -2.16. The van der Waals surface area contributed by atoms with Crippen molar-refractivity contribution in [1.29, 1.82) is 0 Å². The molecule has 0 aliphatic rings. The van der Waals surface area contributed by atoms with Gasteiger partial charge in [0.1, 0.15) is 5.52 Å². The molecule has 0 saturated carbocycles. The molecule has 2 N–H and O–H groups in total. The molecular weight excluding hydrogens is 269 g/mol. The van der Waals surface area contributed by atoms with Gasteiger partial charge in [-0.3, -0.25) is 0 Å². The number of alkyl halides is 3. The molecule has 98 valence electrons. The summed E-state index contributed by atoms with van der Waals surface area (Å²) in [4.78, 5) is 7.45. The third-order valence-corrected chi connectivity index (χ3v) is 2.74. The summed E-state index contributed by atoms with van der Waals surface area (Å²) in [6.45, 7) is 1.63. The molecule has 2 heterocycles. The van der Waals surface area contributed by atoms with E-state index >= 15 is 0 Å². The highest BCUT2D eigenvalue weighted by atomic mass is 35.5. The van der Waals surface area contributed by atoms with Gasteiger partial charge in [0.15, 0.2) is 5.65 Å². The van der Waals surface area contributed by atoms with E-state index in [4.69, 9.17) is 17.3 Å². The molecule has 0 aliphatic heterocycles. The van der Waals surface area contributed by atoms with Crippen LogP contribution in [0.3, 0.4) is 0 Å². The Hall–Kier alpha value is -1.34. The maximum atomic E-state index is 12.9. The molecule has 1 atom stereocenters. The van der Waals surface area contributed by atoms with Gasteiger partial charge < -0.3 is 10.3 Å². The number of pyridine rings is 1. The van der Waals surface area contributed by atoms with Crippen LogP contribution in [0.15, 0.2) is 12.3 Å². The highest BCUT2D eigenvalue weighted by molar-refractivity contribution is 6.31. The first-order valence-corrected chi connectivity index (χ1v) is 5.53. The molecule has 0 amide bonds. The van der Waals surface area contributed by atoms with Gasteiger partial charge in [0, 0.05) is 18.8 Å². The fourth-order valence-corrected chi connectivity index (χ4v) is 1.83. The monoisotopic (exact) mass is 278 g/mol. The first kappa shape index (κ1) is 13.1. The van der Waals surface area contributed by atoms with Crippen molar-refractivity contribution in [2.45, 2.75) is 19.1 Å². The van der Waals surface area contributed by atoms with Crippen molar-refractivity contribution in [1.82, 2.24) is 14.5 Å². The number of nitrogens with zero attached hydrogens (tertiary/aromatic N) is 3. The van der Waals surface area contributed by atoms with E-state index in [0.717, 1.165) is 4.57 Å². The van der Waals surface area contributed by atoms with Crippen LogP contribution in [0.2, 0.25) is 5.02 Å². The second-order valence-electron chi connectivity index (χ2n) is 3.88. The van der Waals surface area contributed by atoms with E-state index in [1.54, 1.807) is 6.92 Å². The molecule has 0 saturated heterocycles. The third-order valence-electron chi connectivity index (χ3n) is 2.53. The minimum Gasteiger partial charge on any atom is -0.328 e. The number of fused-ring (bicyclic) bond motifs is 1. The molecule has 18 heavy (non-hydrogen) atoms. The lowest BCUT2D eigenvalue weighted by molar-refractivity contribution is -0.147. The summed E-state index contributed by atoms with van der Waals surface area (Å²) in [6, 6.07) is 0.791. The lowest BCUT2D eigenvalue weighted by Crippen LogP contribution is -2.22. The number of halogens is 4. The predicted octanol–water partition coefficient (Wildman–Crippen LogP) is 2.62. The number of imidazole rings is 1. The van der Waals surface area contributed by atoms with Gasteiger partial charge in [-0.15, -0.1) is 0 Å². The Labute approximate surface area is 106 Å². The molecule has 8 heteroatoms. The molecule has 0 aromatic carbocycles. The van der Waals surface area contributed by atoms with E-state index in [0.29, 0.717) is 0 Å². The molecule has 2 rings (SSSR count). The van der Waals surface area contributed by atoms with Gasteiger partial charge in [0.05, 0.1) is 5.02 Å². The van der Waals surface area contributed by atoms with Crippen molar-refractivity contribution >= 4 is 22.8 Å². The summed E-state index contributed by atoms with van der Waals surface area (Å²) in [7, 11) is 0. The summed E-state index contributed by atoms with van der Waals surface area (Å²) in [5.74, 6) is -1.01. The summed E-state index contributed by atoms with van der Waals surface area (Å²) in [5.41, 5.74) is 5.66. The van der Waals surface area contributed by atoms with E-state index in [1.165, 1.54) is 12.3 Å². The summed E-state index contributed by atoms with van der Waals surface area (Å²) in [6.07, 6.45) is -3.28. The van der Waals surface area contributed by atoms with Gasteiger partial charge in [-0.25, -0.2) is 9.97 Å². The number of aromatic nitrogens is 3. The van der Waals surface area contributed by atoms with Gasteiger partial charge in [-0.1, -0.05) is 11.6 Å². The Bertz CT molecular complexity index is 578. The molecule has 0 radical (unpaired) electrons. The highest BCUT2D eigenvalue weighted by Gasteiger charge is 2.38. The fraction of sp³-hybridized carbons (Fsp3) is 0.400. The number of rotatable bonds is 2. The van der Waals surface area contributed by atoms with Crippen LogP contribution >= 0.6 is 11.6 Å². The second-order valence-corrected chi connectivity index (χ2v) is 4.32. The number of hydrogen-bond donors (Lipinski definition) is 1. The average Bonchev–Trinajstić information content (AvgIpc) is 2.66. The van der Waals surface area contributed by atoms with Crippen molar-refractivity contribution in [3.63, 3.8) is 0 Å². The first-order chi connectivity index (χ1) is 8.34. The quantitative estimate of drug-likeness (QED) is 0.919. The van der Waals surface area contributed by atoms with E-state index in [9.17, 15) is 13.2 Å². The van der Waals surface area contributed by atoms with Crippen LogP contribution in [0.1, 0.15) is 18.8 Å². The minimum absolute atomic E-state index is 0.0544. The number of hydrogen-bond acceptors (Lipinski definition) is 3. The van der Waals surface area contributed by atoms with Gasteiger partial charge in [-0.2, -0.15) is 13.2 Å². The van der Waals surface area contributed by atoms with Crippen LogP contribution in [-0.2, 0) is 6.18 Å². The summed E-state index contributed by atoms with van der Waals surface area (Å²) < 4.78 is 39.7. The highest BCUT2D eigenvalue weighted by Crippen LogP contribution is 2.33. The second kappa shape index (κ2) is 4.40. The Morgan fingerprint density at radius 2 is 2.17 bits per heavy atom. The topological polar surface area (TPSA) is 56.7 Å². The van der Waals surface area contributed by atoms with Crippen molar-refractivity contribution in [3.8, 4) is 0 Å². The zero-order valence-corrected chi connectivity index (χ0v) is 10.1. The van der Waals surface area contributed by atoms with Crippen molar-refractivity contribution in [3.05, 3.63) is 23.1 Å². The summed E-state index contributed by atoms with van der Waals surface area (Å²) in [5, 5.41) is 0.237. The number of nitrogens with two attached hydrogens (primary N) is 1. The minimum atomic E-state index is -4.56. The molecule has 0 bridgehead atoms. The van der Waals surface area contributed by atoms with Crippen LogP contribution in [-0.4, -0.2) is 21.1 Å². The van der Waals surface area contributed by atoms with Crippen LogP contribution in [0.4, 0.5) is 13.2 Å². The van der Waals surface area contributed by atoms with E-state index < -0.39 is 18.0 Å². The zero-order valence-electron chi connectivity index (χ0n) is 9.37. The maximum Gasteiger partial charge on any atom is 0.449 e. The Kier molecular flexibility index (Phi) is 3.20. The average molecular weight is 279 g/mol. The smallest absolute Gasteiger partial charge is 0.328 e.